The number of halogens is 2. The maximum absolute atomic E-state index is 12.3. The molecule has 0 heterocycles. The molecule has 0 saturated heterocycles. The third-order valence-corrected chi connectivity index (χ3v) is 4.64. The van der Waals surface area contributed by atoms with Crippen LogP contribution in [0.25, 0.3) is 6.08 Å². The van der Waals surface area contributed by atoms with Gasteiger partial charge in [-0.15, -0.1) is 0 Å². The first-order chi connectivity index (χ1) is 9.56. The summed E-state index contributed by atoms with van der Waals surface area (Å²) in [5, 5.41) is 0.594. The Hall–Kier alpha value is -0.930. The predicted molar refractivity (Wildman–Crippen MR) is 82.6 cm³/mol. The Balaban J connectivity index is 1.98. The fraction of sp³-hybridized carbons (Fsp3) is 0.375. The quantitative estimate of drug-likeness (QED) is 0.445. The second kappa shape index (κ2) is 5.45. The lowest BCUT2D eigenvalue weighted by molar-refractivity contribution is -0.122. The molecule has 0 unspecified atom stereocenters. The van der Waals surface area contributed by atoms with Crippen molar-refractivity contribution in [3.05, 3.63) is 38.8 Å². The second-order valence-corrected chi connectivity index (χ2v) is 6.79. The SMILES string of the molecule is O=C(C(=Cc1cc(Cl)ccc1Br)C(=O)C1CC1)C1CC1. The zero-order chi connectivity index (χ0) is 14.3. The maximum atomic E-state index is 12.3. The van der Waals surface area contributed by atoms with E-state index in [0.29, 0.717) is 10.6 Å². The van der Waals surface area contributed by atoms with Gasteiger partial charge in [-0.3, -0.25) is 9.59 Å². The molecule has 0 N–H and O–H groups in total. The first-order valence-corrected chi connectivity index (χ1v) is 7.98. The zero-order valence-corrected chi connectivity index (χ0v) is 13.2. The third kappa shape index (κ3) is 3.04. The van der Waals surface area contributed by atoms with Crippen LogP contribution < -0.4 is 0 Å². The molecule has 4 heteroatoms. The van der Waals surface area contributed by atoms with Gasteiger partial charge in [0, 0.05) is 21.3 Å². The van der Waals surface area contributed by atoms with Crippen LogP contribution in [0.5, 0.6) is 0 Å². The Morgan fingerprint density at radius 3 is 2.15 bits per heavy atom. The largest absolute Gasteiger partial charge is 0.294 e. The van der Waals surface area contributed by atoms with Crippen LogP contribution >= 0.6 is 27.5 Å². The van der Waals surface area contributed by atoms with Gasteiger partial charge in [0.05, 0.1) is 5.57 Å². The molecule has 0 atom stereocenters. The van der Waals surface area contributed by atoms with Crippen LogP contribution in [0.2, 0.25) is 5.02 Å². The van der Waals surface area contributed by atoms with E-state index < -0.39 is 0 Å². The Bertz CT molecular complexity index is 587. The lowest BCUT2D eigenvalue weighted by Crippen LogP contribution is -2.16. The highest BCUT2D eigenvalue weighted by Gasteiger charge is 2.39. The molecule has 0 radical (unpaired) electrons. The molecule has 104 valence electrons. The number of carbonyl (C=O) groups excluding carboxylic acids is 2. The minimum atomic E-state index is 0.00813. The van der Waals surface area contributed by atoms with Crippen molar-refractivity contribution in [1.29, 1.82) is 0 Å². The Kier molecular flexibility index (Phi) is 3.83. The van der Waals surface area contributed by atoms with Crippen LogP contribution in [0.4, 0.5) is 0 Å². The summed E-state index contributed by atoms with van der Waals surface area (Å²) in [5.41, 5.74) is 1.15. The number of rotatable bonds is 5. The standard InChI is InChI=1S/C16H14BrClO2/c17-14-6-5-12(18)7-11(14)8-13(15(19)9-1-2-9)16(20)10-3-4-10/h5-10H,1-4H2. The van der Waals surface area contributed by atoms with Gasteiger partial charge >= 0.3 is 0 Å². The summed E-state index contributed by atoms with van der Waals surface area (Å²) in [6, 6.07) is 5.37. The van der Waals surface area contributed by atoms with E-state index in [1.54, 1.807) is 18.2 Å². The smallest absolute Gasteiger partial charge is 0.169 e. The summed E-state index contributed by atoms with van der Waals surface area (Å²) < 4.78 is 0.839. The van der Waals surface area contributed by atoms with Crippen LogP contribution in [-0.2, 0) is 9.59 Å². The second-order valence-electron chi connectivity index (χ2n) is 5.50. The van der Waals surface area contributed by atoms with Gasteiger partial charge in [0.2, 0.25) is 0 Å². The van der Waals surface area contributed by atoms with Gasteiger partial charge in [0.1, 0.15) is 0 Å². The van der Waals surface area contributed by atoms with Crippen LogP contribution in [0.15, 0.2) is 28.2 Å². The molecule has 1 aromatic carbocycles. The van der Waals surface area contributed by atoms with E-state index >= 15 is 0 Å². The van der Waals surface area contributed by atoms with Gasteiger partial charge in [0.25, 0.3) is 0 Å². The predicted octanol–water partition coefficient (Wildman–Crippen LogP) is 4.44. The van der Waals surface area contributed by atoms with Crippen molar-refractivity contribution < 1.29 is 9.59 Å². The van der Waals surface area contributed by atoms with E-state index in [2.05, 4.69) is 15.9 Å². The molecule has 0 aliphatic heterocycles. The molecule has 1 aromatic rings. The highest BCUT2D eigenvalue weighted by Crippen LogP contribution is 2.38. The molecule has 0 aromatic heterocycles. The number of Topliss-reactive ketones (excluding diaryl/α,β-unsaturated/α-hetero) is 2. The number of benzene rings is 1. The summed E-state index contributed by atoms with van der Waals surface area (Å²) in [5.74, 6) is 0.131. The van der Waals surface area contributed by atoms with Gasteiger partial charge in [0.15, 0.2) is 11.6 Å². The highest BCUT2D eigenvalue weighted by atomic mass is 79.9. The lowest BCUT2D eigenvalue weighted by atomic mass is 9.97. The average molecular weight is 354 g/mol. The molecule has 2 saturated carbocycles. The third-order valence-electron chi connectivity index (χ3n) is 3.69. The summed E-state index contributed by atoms with van der Waals surface area (Å²) in [7, 11) is 0. The molecule has 2 fully saturated rings. The summed E-state index contributed by atoms with van der Waals surface area (Å²) in [6.07, 6.45) is 5.34. The number of carbonyl (C=O) groups is 2. The van der Waals surface area contributed by atoms with Crippen LogP contribution in [0.3, 0.4) is 0 Å². The molecule has 2 aliphatic carbocycles. The van der Waals surface area contributed by atoms with Crippen molar-refractivity contribution >= 4 is 45.2 Å². The van der Waals surface area contributed by atoms with Gasteiger partial charge in [-0.25, -0.2) is 0 Å². The van der Waals surface area contributed by atoms with Gasteiger partial charge < -0.3 is 0 Å². The fourth-order valence-electron chi connectivity index (χ4n) is 2.18. The normalized spacial score (nSPS) is 17.7. The molecular formula is C16H14BrClO2. The Morgan fingerprint density at radius 2 is 1.65 bits per heavy atom. The highest BCUT2D eigenvalue weighted by molar-refractivity contribution is 9.10. The molecule has 0 bridgehead atoms. The van der Waals surface area contributed by atoms with E-state index in [4.69, 9.17) is 11.6 Å². The Labute approximate surface area is 131 Å². The van der Waals surface area contributed by atoms with E-state index in [1.807, 2.05) is 6.07 Å². The number of hydrogen-bond donors (Lipinski definition) is 0. The molecule has 2 aliphatic rings. The maximum Gasteiger partial charge on any atom is 0.169 e. The first kappa shape index (κ1) is 14.0. The molecule has 20 heavy (non-hydrogen) atoms. The van der Waals surface area contributed by atoms with Crippen molar-refractivity contribution in [2.24, 2.45) is 11.8 Å². The van der Waals surface area contributed by atoms with E-state index in [-0.39, 0.29) is 23.4 Å². The van der Waals surface area contributed by atoms with Crippen molar-refractivity contribution in [1.82, 2.24) is 0 Å². The molecule has 0 spiro atoms. The van der Waals surface area contributed by atoms with E-state index in [9.17, 15) is 9.59 Å². The monoisotopic (exact) mass is 352 g/mol. The fourth-order valence-corrected chi connectivity index (χ4v) is 2.72. The van der Waals surface area contributed by atoms with Crippen LogP contribution in [0.1, 0.15) is 31.2 Å². The molecule has 0 amide bonds. The first-order valence-electron chi connectivity index (χ1n) is 6.81. The van der Waals surface area contributed by atoms with Crippen molar-refractivity contribution in [3.63, 3.8) is 0 Å². The minimum Gasteiger partial charge on any atom is -0.294 e. The summed E-state index contributed by atoms with van der Waals surface area (Å²) in [6.45, 7) is 0. The molecule has 3 rings (SSSR count). The number of ketones is 2. The van der Waals surface area contributed by atoms with Crippen LogP contribution in [0, 0.1) is 11.8 Å². The Morgan fingerprint density at radius 1 is 1.10 bits per heavy atom. The minimum absolute atomic E-state index is 0.00813. The zero-order valence-electron chi connectivity index (χ0n) is 10.9. The van der Waals surface area contributed by atoms with Gasteiger partial charge in [-0.2, -0.15) is 0 Å². The van der Waals surface area contributed by atoms with Gasteiger partial charge in [-0.05, 0) is 55.5 Å². The van der Waals surface area contributed by atoms with E-state index in [0.717, 1.165) is 35.7 Å². The van der Waals surface area contributed by atoms with Crippen molar-refractivity contribution in [2.45, 2.75) is 25.7 Å². The molecular weight excluding hydrogens is 340 g/mol. The molecule has 2 nitrogen and oxygen atoms in total. The van der Waals surface area contributed by atoms with Crippen LogP contribution in [-0.4, -0.2) is 11.6 Å². The lowest BCUT2D eigenvalue weighted by Gasteiger charge is -2.06. The average Bonchev–Trinajstić information content (AvgIpc) is 3.30. The van der Waals surface area contributed by atoms with Crippen molar-refractivity contribution in [3.8, 4) is 0 Å². The van der Waals surface area contributed by atoms with Crippen molar-refractivity contribution in [2.75, 3.05) is 0 Å². The summed E-state index contributed by atoms with van der Waals surface area (Å²) in [4.78, 5) is 24.7. The van der Waals surface area contributed by atoms with Gasteiger partial charge in [-0.1, -0.05) is 27.5 Å². The number of hydrogen-bond acceptors (Lipinski definition) is 2. The summed E-state index contributed by atoms with van der Waals surface area (Å²) >= 11 is 9.43. The van der Waals surface area contributed by atoms with E-state index in [1.165, 1.54) is 0 Å². The number of allylic oxidation sites excluding steroid dienone is 1. The topological polar surface area (TPSA) is 34.1 Å².